The van der Waals surface area contributed by atoms with Crippen LogP contribution in [0.3, 0.4) is 0 Å². The summed E-state index contributed by atoms with van der Waals surface area (Å²) in [5, 5.41) is 9.28. The third-order valence-electron chi connectivity index (χ3n) is 2.75. The van der Waals surface area contributed by atoms with E-state index in [-0.39, 0.29) is 17.3 Å². The van der Waals surface area contributed by atoms with Gasteiger partial charge in [-0.2, -0.15) is 23.5 Å². The average Bonchev–Trinajstić information content (AvgIpc) is 2.80. The van der Waals surface area contributed by atoms with Gasteiger partial charge in [0, 0.05) is 35.1 Å². The van der Waals surface area contributed by atoms with E-state index in [2.05, 4.69) is 4.72 Å². The van der Waals surface area contributed by atoms with Crippen LogP contribution in [0.2, 0.25) is 0 Å². The molecule has 19 heavy (non-hydrogen) atoms. The van der Waals surface area contributed by atoms with E-state index >= 15 is 0 Å². The van der Waals surface area contributed by atoms with Gasteiger partial charge in [-0.25, -0.2) is 13.1 Å². The first-order valence-electron chi connectivity index (χ1n) is 5.92. The summed E-state index contributed by atoms with van der Waals surface area (Å²) in [6, 6.07) is 1.38. The lowest BCUT2D eigenvalue weighted by Gasteiger charge is -2.20. The maximum atomic E-state index is 12.2. The van der Waals surface area contributed by atoms with Gasteiger partial charge in [0.15, 0.2) is 0 Å². The number of sulfonamides is 1. The van der Waals surface area contributed by atoms with Crippen LogP contribution in [-0.2, 0) is 16.6 Å². The van der Waals surface area contributed by atoms with Crippen LogP contribution >= 0.6 is 23.5 Å². The SMILES string of the molecule is Cc1oc(CO)cc1S(=O)(=O)NCC1CSCCS1. The summed E-state index contributed by atoms with van der Waals surface area (Å²) in [4.78, 5) is 0.116. The van der Waals surface area contributed by atoms with Crippen molar-refractivity contribution in [1.29, 1.82) is 0 Å². The van der Waals surface area contributed by atoms with Gasteiger partial charge >= 0.3 is 0 Å². The maximum Gasteiger partial charge on any atom is 0.244 e. The second kappa shape index (κ2) is 6.53. The first-order chi connectivity index (χ1) is 9.03. The van der Waals surface area contributed by atoms with Crippen molar-refractivity contribution in [2.24, 2.45) is 0 Å². The van der Waals surface area contributed by atoms with E-state index < -0.39 is 10.0 Å². The highest BCUT2D eigenvalue weighted by molar-refractivity contribution is 8.06. The van der Waals surface area contributed by atoms with Crippen molar-refractivity contribution in [3.8, 4) is 0 Å². The van der Waals surface area contributed by atoms with E-state index in [1.54, 1.807) is 18.7 Å². The van der Waals surface area contributed by atoms with Gasteiger partial charge in [0.25, 0.3) is 0 Å². The fraction of sp³-hybridized carbons (Fsp3) is 0.636. The summed E-state index contributed by atoms with van der Waals surface area (Å²) < 4.78 is 32.1. The number of furan rings is 1. The van der Waals surface area contributed by atoms with Crippen molar-refractivity contribution in [1.82, 2.24) is 4.72 Å². The number of hydrogen-bond acceptors (Lipinski definition) is 6. The molecule has 1 unspecified atom stereocenters. The van der Waals surface area contributed by atoms with Gasteiger partial charge in [-0.3, -0.25) is 0 Å². The molecule has 1 aromatic heterocycles. The number of aliphatic hydroxyl groups excluding tert-OH is 1. The monoisotopic (exact) mass is 323 g/mol. The van der Waals surface area contributed by atoms with Crippen molar-refractivity contribution in [2.75, 3.05) is 23.8 Å². The Bertz CT molecular complexity index is 520. The Morgan fingerprint density at radius 1 is 1.53 bits per heavy atom. The van der Waals surface area contributed by atoms with E-state index in [4.69, 9.17) is 9.52 Å². The van der Waals surface area contributed by atoms with E-state index in [0.29, 0.717) is 17.6 Å². The van der Waals surface area contributed by atoms with Crippen LogP contribution in [0.5, 0.6) is 0 Å². The number of hydrogen-bond donors (Lipinski definition) is 2. The molecule has 0 aliphatic carbocycles. The molecule has 0 amide bonds. The molecular weight excluding hydrogens is 306 g/mol. The molecule has 0 saturated carbocycles. The standard InChI is InChI=1S/C11H17NO4S3/c1-8-11(4-9(6-13)16-8)19(14,15)12-5-10-7-17-2-3-18-10/h4,10,12-13H,2-3,5-7H2,1H3. The molecule has 5 nitrogen and oxygen atoms in total. The molecular formula is C11H17NO4S3. The van der Waals surface area contributed by atoms with E-state index in [1.807, 2.05) is 11.8 Å². The molecule has 1 aliphatic rings. The quantitative estimate of drug-likeness (QED) is 0.848. The highest BCUT2D eigenvalue weighted by Gasteiger charge is 2.23. The Hall–Kier alpha value is -0.150. The summed E-state index contributed by atoms with van der Waals surface area (Å²) in [5.41, 5.74) is 0. The Morgan fingerprint density at radius 2 is 2.32 bits per heavy atom. The van der Waals surface area contributed by atoms with Gasteiger partial charge in [0.05, 0.1) is 0 Å². The summed E-state index contributed by atoms with van der Waals surface area (Å²) in [6.45, 7) is 1.71. The van der Waals surface area contributed by atoms with Gasteiger partial charge < -0.3 is 9.52 Å². The van der Waals surface area contributed by atoms with Crippen molar-refractivity contribution < 1.29 is 17.9 Å². The molecule has 2 rings (SSSR count). The fourth-order valence-electron chi connectivity index (χ4n) is 1.80. The van der Waals surface area contributed by atoms with Crippen molar-refractivity contribution in [2.45, 2.75) is 23.7 Å². The van der Waals surface area contributed by atoms with Gasteiger partial charge in [-0.1, -0.05) is 0 Å². The first-order valence-corrected chi connectivity index (χ1v) is 9.61. The Labute approximate surface area is 121 Å². The molecule has 1 aliphatic heterocycles. The van der Waals surface area contributed by atoms with E-state index in [0.717, 1.165) is 17.3 Å². The first kappa shape index (κ1) is 15.2. The highest BCUT2D eigenvalue weighted by atomic mass is 32.2. The molecule has 1 atom stereocenters. The van der Waals surface area contributed by atoms with Crippen LogP contribution in [-0.4, -0.2) is 42.6 Å². The van der Waals surface area contributed by atoms with Gasteiger partial charge in [-0.05, 0) is 6.92 Å². The summed E-state index contributed by atoms with van der Waals surface area (Å²) in [7, 11) is -3.56. The van der Waals surface area contributed by atoms with E-state index in [9.17, 15) is 8.42 Å². The van der Waals surface area contributed by atoms with Crippen molar-refractivity contribution in [3.05, 3.63) is 17.6 Å². The second-order valence-corrected chi connectivity index (χ2v) is 8.50. The minimum atomic E-state index is -3.56. The zero-order valence-corrected chi connectivity index (χ0v) is 13.0. The summed E-state index contributed by atoms with van der Waals surface area (Å²) in [5.74, 6) is 3.74. The second-order valence-electron chi connectivity index (χ2n) is 4.21. The largest absolute Gasteiger partial charge is 0.462 e. The van der Waals surface area contributed by atoms with Crippen LogP contribution in [0, 0.1) is 6.92 Å². The number of nitrogens with one attached hydrogen (secondary N) is 1. The topological polar surface area (TPSA) is 79.5 Å². The van der Waals surface area contributed by atoms with E-state index in [1.165, 1.54) is 6.07 Å². The van der Waals surface area contributed by atoms with Crippen LogP contribution in [0.4, 0.5) is 0 Å². The van der Waals surface area contributed by atoms with Crippen LogP contribution in [0.25, 0.3) is 0 Å². The molecule has 0 aromatic carbocycles. The van der Waals surface area contributed by atoms with Crippen molar-refractivity contribution in [3.63, 3.8) is 0 Å². The highest BCUT2D eigenvalue weighted by Crippen LogP contribution is 2.24. The van der Waals surface area contributed by atoms with Gasteiger partial charge in [0.2, 0.25) is 10.0 Å². The molecule has 1 aromatic rings. The molecule has 0 bridgehead atoms. The number of aliphatic hydroxyl groups is 1. The molecule has 2 N–H and O–H groups in total. The molecule has 1 saturated heterocycles. The lowest BCUT2D eigenvalue weighted by molar-refractivity contribution is 0.244. The molecule has 0 spiro atoms. The number of thioether (sulfide) groups is 2. The third-order valence-corrected chi connectivity index (χ3v) is 7.13. The van der Waals surface area contributed by atoms with Crippen molar-refractivity contribution >= 4 is 33.5 Å². The zero-order chi connectivity index (χ0) is 13.9. The maximum absolute atomic E-state index is 12.2. The van der Waals surface area contributed by atoms with Crippen LogP contribution in [0.1, 0.15) is 11.5 Å². The molecule has 8 heteroatoms. The molecule has 2 heterocycles. The van der Waals surface area contributed by atoms with Gasteiger partial charge in [-0.15, -0.1) is 0 Å². The molecule has 108 valence electrons. The molecule has 0 radical (unpaired) electrons. The van der Waals surface area contributed by atoms with Crippen LogP contribution in [0.15, 0.2) is 15.4 Å². The summed E-state index contributed by atoms with van der Waals surface area (Å²) >= 11 is 3.65. The Balaban J connectivity index is 2.02. The van der Waals surface area contributed by atoms with Gasteiger partial charge in [0.1, 0.15) is 23.0 Å². The zero-order valence-electron chi connectivity index (χ0n) is 10.6. The lowest BCUT2D eigenvalue weighted by Crippen LogP contribution is -2.33. The number of aryl methyl sites for hydroxylation is 1. The third kappa shape index (κ3) is 3.91. The Morgan fingerprint density at radius 3 is 2.89 bits per heavy atom. The fourth-order valence-corrected chi connectivity index (χ4v) is 5.80. The predicted octanol–water partition coefficient (Wildman–Crippen LogP) is 1.21. The van der Waals surface area contributed by atoms with Crippen LogP contribution < -0.4 is 4.72 Å². The predicted molar refractivity (Wildman–Crippen MR) is 78.1 cm³/mol. The summed E-state index contributed by atoms with van der Waals surface area (Å²) in [6.07, 6.45) is 0. The smallest absolute Gasteiger partial charge is 0.244 e. The number of rotatable bonds is 5. The minimum Gasteiger partial charge on any atom is -0.462 e. The molecule has 1 fully saturated rings. The Kier molecular flexibility index (Phi) is 5.24. The average molecular weight is 323 g/mol. The minimum absolute atomic E-state index is 0.116. The normalized spacial score (nSPS) is 20.6. The lowest BCUT2D eigenvalue weighted by atomic mass is 10.4.